The van der Waals surface area contributed by atoms with Crippen LogP contribution < -0.4 is 16.6 Å². The summed E-state index contributed by atoms with van der Waals surface area (Å²) in [4.78, 5) is 23.3. The predicted molar refractivity (Wildman–Crippen MR) is 66.6 cm³/mol. The average molecular weight is 254 g/mol. The lowest BCUT2D eigenvalue weighted by Crippen LogP contribution is -2.41. The van der Waals surface area contributed by atoms with Crippen molar-refractivity contribution in [1.82, 2.24) is 14.3 Å². The third-order valence-corrected chi connectivity index (χ3v) is 3.36. The molecule has 7 nitrogen and oxygen atoms in total. The minimum atomic E-state index is -0.440. The molecule has 0 bridgehead atoms. The van der Waals surface area contributed by atoms with Gasteiger partial charge in [0.15, 0.2) is 0 Å². The second kappa shape index (κ2) is 4.93. The van der Waals surface area contributed by atoms with Crippen molar-refractivity contribution in [3.05, 3.63) is 20.8 Å². The van der Waals surface area contributed by atoms with Crippen molar-refractivity contribution >= 4 is 5.82 Å². The molecule has 0 aromatic carbocycles. The van der Waals surface area contributed by atoms with Gasteiger partial charge in [0.2, 0.25) is 5.82 Å². The Morgan fingerprint density at radius 1 is 1.22 bits per heavy atom. The molecule has 1 aromatic rings. The minimum Gasteiger partial charge on any atom is -0.393 e. The van der Waals surface area contributed by atoms with E-state index in [0.29, 0.717) is 0 Å². The summed E-state index contributed by atoms with van der Waals surface area (Å²) in [5, 5.41) is 16.4. The first-order valence-electron chi connectivity index (χ1n) is 6.08. The highest BCUT2D eigenvalue weighted by molar-refractivity contribution is 5.31. The molecule has 1 aliphatic carbocycles. The number of hydrogen-bond donors (Lipinski definition) is 2. The van der Waals surface area contributed by atoms with E-state index in [1.54, 1.807) is 0 Å². The van der Waals surface area contributed by atoms with Crippen LogP contribution in [0, 0.1) is 0 Å². The van der Waals surface area contributed by atoms with E-state index in [4.69, 9.17) is 0 Å². The number of aliphatic hydroxyl groups excluding tert-OH is 1. The number of anilines is 1. The lowest BCUT2D eigenvalue weighted by molar-refractivity contribution is 0.126. The number of aliphatic hydroxyl groups is 1. The Bertz CT molecular complexity index is 540. The Balaban J connectivity index is 2.20. The molecule has 100 valence electrons. The quantitative estimate of drug-likeness (QED) is 0.721. The summed E-state index contributed by atoms with van der Waals surface area (Å²) in [5.41, 5.74) is -0.853. The van der Waals surface area contributed by atoms with Crippen molar-refractivity contribution in [3.8, 4) is 0 Å². The van der Waals surface area contributed by atoms with Crippen LogP contribution >= 0.6 is 0 Å². The highest BCUT2D eigenvalue weighted by atomic mass is 16.3. The van der Waals surface area contributed by atoms with Gasteiger partial charge in [0.05, 0.1) is 6.10 Å². The third-order valence-electron chi connectivity index (χ3n) is 3.36. The van der Waals surface area contributed by atoms with E-state index in [9.17, 15) is 14.7 Å². The van der Waals surface area contributed by atoms with Crippen LogP contribution in [-0.4, -0.2) is 31.6 Å². The van der Waals surface area contributed by atoms with Crippen LogP contribution in [0.5, 0.6) is 0 Å². The number of nitrogens with one attached hydrogen (secondary N) is 1. The topological polar surface area (TPSA) is 89.2 Å². The fourth-order valence-electron chi connectivity index (χ4n) is 2.20. The van der Waals surface area contributed by atoms with Gasteiger partial charge in [-0.2, -0.15) is 0 Å². The summed E-state index contributed by atoms with van der Waals surface area (Å²) < 4.78 is 2.18. The fraction of sp³-hybridized carbons (Fsp3) is 0.727. The normalized spacial score (nSPS) is 23.9. The van der Waals surface area contributed by atoms with E-state index < -0.39 is 11.2 Å². The first-order chi connectivity index (χ1) is 8.49. The van der Waals surface area contributed by atoms with Crippen molar-refractivity contribution in [3.63, 3.8) is 0 Å². The molecular formula is C11H18N4O3. The molecular weight excluding hydrogens is 236 g/mol. The van der Waals surface area contributed by atoms with Crippen molar-refractivity contribution in [2.75, 3.05) is 5.32 Å². The van der Waals surface area contributed by atoms with Gasteiger partial charge in [0.1, 0.15) is 0 Å². The second-order valence-electron chi connectivity index (χ2n) is 4.77. The Morgan fingerprint density at radius 3 is 2.44 bits per heavy atom. The van der Waals surface area contributed by atoms with Gasteiger partial charge in [0, 0.05) is 20.1 Å². The van der Waals surface area contributed by atoms with Crippen molar-refractivity contribution in [2.24, 2.45) is 14.1 Å². The Morgan fingerprint density at radius 2 is 1.83 bits per heavy atom. The maximum atomic E-state index is 11.9. The summed E-state index contributed by atoms with van der Waals surface area (Å²) in [5.74, 6) is 0.195. The van der Waals surface area contributed by atoms with Gasteiger partial charge in [-0.3, -0.25) is 9.36 Å². The smallest absolute Gasteiger partial charge is 0.346 e. The van der Waals surface area contributed by atoms with Gasteiger partial charge >= 0.3 is 5.69 Å². The molecule has 1 fully saturated rings. The highest BCUT2D eigenvalue weighted by Gasteiger charge is 2.21. The van der Waals surface area contributed by atoms with Gasteiger partial charge in [-0.25, -0.2) is 9.48 Å². The molecule has 2 N–H and O–H groups in total. The Hall–Kier alpha value is -1.63. The van der Waals surface area contributed by atoms with Crippen molar-refractivity contribution in [2.45, 2.75) is 37.8 Å². The molecule has 1 saturated carbocycles. The minimum absolute atomic E-state index is 0.131. The molecule has 0 unspecified atom stereocenters. The predicted octanol–water partition coefficient (Wildman–Crippen LogP) is -0.806. The first kappa shape index (κ1) is 12.8. The van der Waals surface area contributed by atoms with E-state index in [2.05, 4.69) is 10.4 Å². The molecule has 2 rings (SSSR count). The standard InChI is InChI=1S/C11H18N4O3/c1-14-10(17)9(13-15(2)11(14)18)12-7-3-5-8(16)6-4-7/h7-8,16H,3-6H2,1-2H3,(H,12,13). The fourth-order valence-corrected chi connectivity index (χ4v) is 2.20. The molecule has 0 spiro atoms. The molecule has 0 saturated heterocycles. The van der Waals surface area contributed by atoms with Crippen LogP contribution in [-0.2, 0) is 14.1 Å². The van der Waals surface area contributed by atoms with E-state index in [-0.39, 0.29) is 18.0 Å². The zero-order valence-electron chi connectivity index (χ0n) is 10.6. The number of hydrogen-bond acceptors (Lipinski definition) is 5. The van der Waals surface area contributed by atoms with Gasteiger partial charge in [0.25, 0.3) is 5.56 Å². The zero-order valence-corrected chi connectivity index (χ0v) is 10.6. The largest absolute Gasteiger partial charge is 0.393 e. The molecule has 0 amide bonds. The van der Waals surface area contributed by atoms with Gasteiger partial charge in [-0.1, -0.05) is 0 Å². The molecule has 18 heavy (non-hydrogen) atoms. The number of rotatable bonds is 2. The van der Waals surface area contributed by atoms with Crippen LogP contribution in [0.15, 0.2) is 9.59 Å². The molecule has 0 radical (unpaired) electrons. The number of aromatic nitrogens is 3. The van der Waals surface area contributed by atoms with Crippen molar-refractivity contribution < 1.29 is 5.11 Å². The monoisotopic (exact) mass is 254 g/mol. The Labute approximate surface area is 104 Å². The molecule has 0 aliphatic heterocycles. The van der Waals surface area contributed by atoms with E-state index in [1.807, 2.05) is 0 Å². The molecule has 1 aliphatic rings. The second-order valence-corrected chi connectivity index (χ2v) is 4.77. The SMILES string of the molecule is Cn1nc(NC2CCC(O)CC2)c(=O)n(C)c1=O. The summed E-state index contributed by atoms with van der Waals surface area (Å²) in [6.07, 6.45) is 2.82. The lowest BCUT2D eigenvalue weighted by atomic mass is 9.93. The van der Waals surface area contributed by atoms with E-state index in [0.717, 1.165) is 34.9 Å². The first-order valence-corrected chi connectivity index (χ1v) is 6.08. The molecule has 7 heteroatoms. The highest BCUT2D eigenvalue weighted by Crippen LogP contribution is 2.20. The van der Waals surface area contributed by atoms with Gasteiger partial charge in [-0.15, -0.1) is 5.10 Å². The summed E-state index contributed by atoms with van der Waals surface area (Å²) >= 11 is 0. The number of nitrogens with zero attached hydrogens (tertiary/aromatic N) is 3. The van der Waals surface area contributed by atoms with Crippen LogP contribution in [0.2, 0.25) is 0 Å². The molecule has 1 heterocycles. The average Bonchev–Trinajstić information content (AvgIpc) is 2.36. The summed E-state index contributed by atoms with van der Waals surface area (Å²) in [6, 6.07) is 0.131. The van der Waals surface area contributed by atoms with Crippen LogP contribution in [0.3, 0.4) is 0 Å². The van der Waals surface area contributed by atoms with Gasteiger partial charge < -0.3 is 10.4 Å². The van der Waals surface area contributed by atoms with E-state index >= 15 is 0 Å². The van der Waals surface area contributed by atoms with E-state index in [1.165, 1.54) is 14.1 Å². The third kappa shape index (κ3) is 2.45. The van der Waals surface area contributed by atoms with Crippen LogP contribution in [0.25, 0.3) is 0 Å². The lowest BCUT2D eigenvalue weighted by Gasteiger charge is -2.26. The number of aryl methyl sites for hydroxylation is 1. The maximum Gasteiger partial charge on any atom is 0.346 e. The van der Waals surface area contributed by atoms with Gasteiger partial charge in [-0.05, 0) is 25.7 Å². The van der Waals surface area contributed by atoms with Crippen LogP contribution in [0.4, 0.5) is 5.82 Å². The van der Waals surface area contributed by atoms with Crippen LogP contribution in [0.1, 0.15) is 25.7 Å². The maximum absolute atomic E-state index is 11.9. The summed E-state index contributed by atoms with van der Waals surface area (Å²) in [7, 11) is 2.94. The van der Waals surface area contributed by atoms with Crippen molar-refractivity contribution in [1.29, 1.82) is 0 Å². The Kier molecular flexibility index (Phi) is 3.51. The molecule has 1 aromatic heterocycles. The summed E-state index contributed by atoms with van der Waals surface area (Å²) in [6.45, 7) is 0. The molecule has 0 atom stereocenters. The zero-order chi connectivity index (χ0) is 13.3.